The first kappa shape index (κ1) is 27.0. The summed E-state index contributed by atoms with van der Waals surface area (Å²) in [4.78, 5) is 15.7. The molecule has 7 nitrogen and oxygen atoms in total. The maximum atomic E-state index is 14.0. The van der Waals surface area contributed by atoms with Crippen molar-refractivity contribution in [3.05, 3.63) is 58.8 Å². The molecule has 1 atom stereocenters. The van der Waals surface area contributed by atoms with Gasteiger partial charge < -0.3 is 10.6 Å². The lowest BCUT2D eigenvalue weighted by molar-refractivity contribution is -0.141. The molecule has 0 aliphatic rings. The van der Waals surface area contributed by atoms with Crippen LogP contribution in [0.1, 0.15) is 37.1 Å². The summed E-state index contributed by atoms with van der Waals surface area (Å²) in [6.45, 7) is 3.31. The van der Waals surface area contributed by atoms with E-state index in [-0.39, 0.29) is 29.5 Å². The van der Waals surface area contributed by atoms with Gasteiger partial charge in [-0.3, -0.25) is 9.52 Å². The molecule has 0 spiro atoms. The van der Waals surface area contributed by atoms with Crippen LogP contribution in [0.4, 0.5) is 33.5 Å². The molecular formula is C21H23F5N4O3S. The smallest absolute Gasteiger partial charge is 0.367 e. The van der Waals surface area contributed by atoms with Crippen molar-refractivity contribution in [3.8, 4) is 0 Å². The number of nitrogens with one attached hydrogen (secondary N) is 3. The van der Waals surface area contributed by atoms with Gasteiger partial charge in [-0.2, -0.15) is 13.2 Å². The van der Waals surface area contributed by atoms with Gasteiger partial charge in [-0.1, -0.05) is 6.92 Å². The average Bonchev–Trinajstić information content (AvgIpc) is 2.72. The standard InChI is InChI=1S/C21H23F5N4O3S/c1-4-12(2)28-20-14(5-7-17(29-20)21(24,25)26)6-8-18(31)27-11-13-9-15(22)19(16(23)10-13)30-34(3,32)33/h5-10,12,30H,4,11H2,1-3H3,(H,27,31)(H,28,29)/b8-6+. The quantitative estimate of drug-likeness (QED) is 0.348. The molecule has 0 bridgehead atoms. The second kappa shape index (κ2) is 10.8. The van der Waals surface area contributed by atoms with E-state index >= 15 is 0 Å². The SMILES string of the molecule is CCC(C)Nc1nc(C(F)(F)F)ccc1/C=C/C(=O)NCc1cc(F)c(NS(C)(=O)=O)c(F)c1. The number of pyridine rings is 1. The van der Waals surface area contributed by atoms with Gasteiger partial charge in [0.1, 0.15) is 17.2 Å². The molecule has 1 unspecified atom stereocenters. The Kier molecular flexibility index (Phi) is 8.59. The van der Waals surface area contributed by atoms with E-state index in [9.17, 15) is 35.2 Å². The molecular weight excluding hydrogens is 483 g/mol. The van der Waals surface area contributed by atoms with Crippen molar-refractivity contribution in [1.29, 1.82) is 0 Å². The van der Waals surface area contributed by atoms with Crippen LogP contribution in [-0.2, 0) is 27.5 Å². The zero-order valence-corrected chi connectivity index (χ0v) is 19.2. The fraction of sp³-hybridized carbons (Fsp3) is 0.333. The number of benzene rings is 1. The highest BCUT2D eigenvalue weighted by Crippen LogP contribution is 2.30. The van der Waals surface area contributed by atoms with Crippen LogP contribution in [-0.4, -0.2) is 31.6 Å². The molecule has 34 heavy (non-hydrogen) atoms. The largest absolute Gasteiger partial charge is 0.433 e. The minimum absolute atomic E-state index is 0.0196. The fourth-order valence-electron chi connectivity index (χ4n) is 2.64. The van der Waals surface area contributed by atoms with E-state index in [1.165, 1.54) is 12.1 Å². The molecule has 2 aromatic rings. The predicted molar refractivity (Wildman–Crippen MR) is 118 cm³/mol. The maximum Gasteiger partial charge on any atom is 0.433 e. The first-order valence-corrected chi connectivity index (χ1v) is 11.8. The Morgan fingerprint density at radius 3 is 2.32 bits per heavy atom. The van der Waals surface area contributed by atoms with Crippen molar-refractivity contribution < 1.29 is 35.2 Å². The number of rotatable bonds is 9. The van der Waals surface area contributed by atoms with Gasteiger partial charge in [0.25, 0.3) is 0 Å². The van der Waals surface area contributed by atoms with Gasteiger partial charge in [-0.25, -0.2) is 22.2 Å². The monoisotopic (exact) mass is 506 g/mol. The highest BCUT2D eigenvalue weighted by Gasteiger charge is 2.33. The third kappa shape index (κ3) is 7.97. The summed E-state index contributed by atoms with van der Waals surface area (Å²) in [6, 6.07) is 3.49. The lowest BCUT2D eigenvalue weighted by atomic mass is 10.1. The summed E-state index contributed by atoms with van der Waals surface area (Å²) in [7, 11) is -3.90. The van der Waals surface area contributed by atoms with Crippen LogP contribution in [0.2, 0.25) is 0 Å². The molecule has 0 aliphatic heterocycles. The number of hydrogen-bond donors (Lipinski definition) is 3. The van der Waals surface area contributed by atoms with Crippen molar-refractivity contribution >= 4 is 33.5 Å². The summed E-state index contributed by atoms with van der Waals surface area (Å²) in [5, 5.41) is 5.24. The van der Waals surface area contributed by atoms with E-state index in [4.69, 9.17) is 0 Å². The van der Waals surface area contributed by atoms with Crippen LogP contribution in [0.15, 0.2) is 30.3 Å². The van der Waals surface area contributed by atoms with E-state index in [1.807, 2.05) is 6.92 Å². The van der Waals surface area contributed by atoms with Crippen molar-refractivity contribution in [2.24, 2.45) is 0 Å². The molecule has 1 heterocycles. The van der Waals surface area contributed by atoms with E-state index in [0.717, 1.165) is 30.5 Å². The molecule has 2 rings (SSSR count). The number of nitrogens with zero attached hydrogens (tertiary/aromatic N) is 1. The third-order valence-electron chi connectivity index (χ3n) is 4.48. The van der Waals surface area contributed by atoms with Crippen molar-refractivity contribution in [3.63, 3.8) is 0 Å². The highest BCUT2D eigenvalue weighted by molar-refractivity contribution is 7.92. The average molecular weight is 506 g/mol. The van der Waals surface area contributed by atoms with Gasteiger partial charge in [0.15, 0.2) is 11.6 Å². The number of hydrogen-bond acceptors (Lipinski definition) is 5. The van der Waals surface area contributed by atoms with Crippen LogP contribution in [0, 0.1) is 11.6 Å². The van der Waals surface area contributed by atoms with Gasteiger partial charge >= 0.3 is 6.18 Å². The summed E-state index contributed by atoms with van der Waals surface area (Å²) in [5.41, 5.74) is -1.67. The molecule has 13 heteroatoms. The molecule has 0 saturated carbocycles. The van der Waals surface area contributed by atoms with Gasteiger partial charge in [0.2, 0.25) is 15.9 Å². The lowest BCUT2D eigenvalue weighted by Gasteiger charge is -2.16. The first-order chi connectivity index (χ1) is 15.7. The Morgan fingerprint density at radius 1 is 1.18 bits per heavy atom. The van der Waals surface area contributed by atoms with Crippen molar-refractivity contribution in [2.75, 3.05) is 16.3 Å². The molecule has 3 N–H and O–H groups in total. The summed E-state index contributed by atoms with van der Waals surface area (Å²) < 4.78 is 91.2. The Labute approximate surface area is 193 Å². The summed E-state index contributed by atoms with van der Waals surface area (Å²) in [5.74, 6) is -3.07. The minimum Gasteiger partial charge on any atom is -0.367 e. The number of carbonyl (C=O) groups is 1. The second-order valence-corrected chi connectivity index (χ2v) is 9.19. The zero-order valence-electron chi connectivity index (χ0n) is 18.4. The molecule has 186 valence electrons. The van der Waals surface area contributed by atoms with Crippen LogP contribution in [0.25, 0.3) is 6.08 Å². The first-order valence-electron chi connectivity index (χ1n) is 9.96. The number of alkyl halides is 3. The van der Waals surface area contributed by atoms with E-state index < -0.39 is 45.1 Å². The normalized spacial score (nSPS) is 13.1. The number of halogens is 5. The molecule has 1 aromatic carbocycles. The number of anilines is 2. The summed E-state index contributed by atoms with van der Waals surface area (Å²) in [6.07, 6.45) is -0.982. The van der Waals surface area contributed by atoms with Gasteiger partial charge in [-0.05, 0) is 49.2 Å². The van der Waals surface area contributed by atoms with E-state index in [0.29, 0.717) is 6.42 Å². The van der Waals surface area contributed by atoms with Crippen LogP contribution >= 0.6 is 0 Å². The predicted octanol–water partition coefficient (Wildman–Crippen LogP) is 4.29. The number of carbonyl (C=O) groups excluding carboxylic acids is 1. The van der Waals surface area contributed by atoms with Gasteiger partial charge in [0, 0.05) is 24.2 Å². The molecule has 0 radical (unpaired) electrons. The van der Waals surface area contributed by atoms with Gasteiger partial charge in [0.05, 0.1) is 6.26 Å². The molecule has 0 saturated heterocycles. The number of amides is 1. The van der Waals surface area contributed by atoms with Crippen LogP contribution in [0.3, 0.4) is 0 Å². The Morgan fingerprint density at radius 2 is 1.79 bits per heavy atom. The van der Waals surface area contributed by atoms with E-state index in [2.05, 4.69) is 15.6 Å². The van der Waals surface area contributed by atoms with Crippen molar-refractivity contribution in [2.45, 2.75) is 39.0 Å². The number of aromatic nitrogens is 1. The number of sulfonamides is 1. The molecule has 1 amide bonds. The topological polar surface area (TPSA) is 100 Å². The minimum atomic E-state index is -4.64. The van der Waals surface area contributed by atoms with Gasteiger partial charge in [-0.15, -0.1) is 0 Å². The van der Waals surface area contributed by atoms with Crippen LogP contribution < -0.4 is 15.4 Å². The fourth-order valence-corrected chi connectivity index (χ4v) is 3.20. The molecule has 1 aromatic heterocycles. The van der Waals surface area contributed by atoms with Crippen molar-refractivity contribution in [1.82, 2.24) is 10.3 Å². The Hall–Kier alpha value is -3.22. The van der Waals surface area contributed by atoms with E-state index in [1.54, 1.807) is 11.6 Å². The Bertz CT molecular complexity index is 1160. The third-order valence-corrected chi connectivity index (χ3v) is 5.06. The zero-order chi connectivity index (χ0) is 25.7. The van der Waals surface area contributed by atoms with Crippen LogP contribution in [0.5, 0.6) is 0 Å². The molecule has 0 aliphatic carbocycles. The highest BCUT2D eigenvalue weighted by atomic mass is 32.2. The maximum absolute atomic E-state index is 14.0. The summed E-state index contributed by atoms with van der Waals surface area (Å²) >= 11 is 0. The second-order valence-electron chi connectivity index (χ2n) is 7.45. The molecule has 0 fully saturated rings. The Balaban J connectivity index is 2.14. The lowest BCUT2D eigenvalue weighted by Crippen LogP contribution is -2.21.